The number of rotatable bonds is 2. The van der Waals surface area contributed by atoms with Gasteiger partial charge in [0.25, 0.3) is 0 Å². The number of nitrogens with one attached hydrogen (secondary N) is 1. The van der Waals surface area contributed by atoms with Gasteiger partial charge in [-0.3, -0.25) is 0 Å². The minimum Gasteiger partial charge on any atom is -0.493 e. The molecule has 5 rings (SSSR count). The van der Waals surface area contributed by atoms with Gasteiger partial charge >= 0.3 is 0 Å². The van der Waals surface area contributed by atoms with Gasteiger partial charge in [-0.2, -0.15) is 0 Å². The molecule has 2 aliphatic rings. The summed E-state index contributed by atoms with van der Waals surface area (Å²) < 4.78 is 11.4. The first kappa shape index (κ1) is 14.6. The lowest BCUT2D eigenvalue weighted by Gasteiger charge is -2.24. The number of methoxy groups -OCH3 is 2. The van der Waals surface area contributed by atoms with E-state index in [1.54, 1.807) is 14.2 Å². The van der Waals surface area contributed by atoms with Crippen molar-refractivity contribution in [2.45, 2.75) is 25.7 Å². The highest BCUT2D eigenvalue weighted by atomic mass is 16.5. The number of benzene rings is 2. The van der Waals surface area contributed by atoms with Gasteiger partial charge in [0.2, 0.25) is 0 Å². The molecule has 0 radical (unpaired) electrons. The van der Waals surface area contributed by atoms with Crippen LogP contribution in [0.15, 0.2) is 36.4 Å². The molecule has 126 valence electrons. The Morgan fingerprint density at radius 1 is 0.720 bits per heavy atom. The average Bonchev–Trinajstić information content (AvgIpc) is 3.06. The van der Waals surface area contributed by atoms with E-state index >= 15 is 0 Å². The third-order valence-corrected chi connectivity index (χ3v) is 5.61. The van der Waals surface area contributed by atoms with Crippen molar-refractivity contribution >= 4 is 0 Å². The molecule has 2 aromatic carbocycles. The average molecular weight is 331 g/mol. The van der Waals surface area contributed by atoms with Gasteiger partial charge in [-0.15, -0.1) is 0 Å². The monoisotopic (exact) mass is 331 g/mol. The summed E-state index contributed by atoms with van der Waals surface area (Å²) in [5, 5.41) is 0. The molecular formula is C22H21NO2. The molecule has 3 heteroatoms. The molecule has 0 unspecified atom stereocenters. The molecule has 25 heavy (non-hydrogen) atoms. The van der Waals surface area contributed by atoms with Crippen LogP contribution >= 0.6 is 0 Å². The number of H-pyrrole nitrogens is 1. The van der Waals surface area contributed by atoms with Crippen molar-refractivity contribution in [3.05, 3.63) is 58.9 Å². The number of fused-ring (bicyclic) bond motifs is 7. The highest BCUT2D eigenvalue weighted by Gasteiger charge is 2.31. The summed E-state index contributed by atoms with van der Waals surface area (Å²) in [5.41, 5.74) is 10.7. The van der Waals surface area contributed by atoms with E-state index in [1.807, 2.05) is 6.07 Å². The zero-order valence-electron chi connectivity index (χ0n) is 14.6. The molecule has 2 aliphatic carbocycles. The Hall–Kier alpha value is -2.68. The fourth-order valence-corrected chi connectivity index (χ4v) is 4.51. The van der Waals surface area contributed by atoms with Crippen LogP contribution in [-0.2, 0) is 25.7 Å². The fraction of sp³-hybridized carbons (Fsp3) is 0.273. The van der Waals surface area contributed by atoms with Gasteiger partial charge in [-0.25, -0.2) is 0 Å². The number of hydrogen-bond donors (Lipinski definition) is 1. The van der Waals surface area contributed by atoms with Gasteiger partial charge in [0, 0.05) is 28.1 Å². The Bertz CT molecular complexity index is 984. The van der Waals surface area contributed by atoms with Crippen LogP contribution in [-0.4, -0.2) is 19.2 Å². The van der Waals surface area contributed by atoms with Crippen molar-refractivity contribution in [2.24, 2.45) is 0 Å². The molecule has 0 fully saturated rings. The number of hydrogen-bond acceptors (Lipinski definition) is 2. The van der Waals surface area contributed by atoms with Crippen LogP contribution in [0.1, 0.15) is 22.5 Å². The maximum atomic E-state index is 5.80. The minimum atomic E-state index is 0.799. The molecule has 0 atom stereocenters. The maximum absolute atomic E-state index is 5.80. The molecule has 0 spiro atoms. The maximum Gasteiger partial charge on any atom is 0.168 e. The van der Waals surface area contributed by atoms with Gasteiger partial charge in [0.1, 0.15) is 0 Å². The smallest absolute Gasteiger partial charge is 0.168 e. The normalized spacial score (nSPS) is 14.2. The van der Waals surface area contributed by atoms with E-state index in [2.05, 4.69) is 35.3 Å². The van der Waals surface area contributed by atoms with Crippen LogP contribution in [0.3, 0.4) is 0 Å². The Balaban J connectivity index is 1.85. The van der Waals surface area contributed by atoms with Gasteiger partial charge < -0.3 is 14.5 Å². The second-order valence-corrected chi connectivity index (χ2v) is 6.82. The molecule has 0 aliphatic heterocycles. The van der Waals surface area contributed by atoms with E-state index in [-0.39, 0.29) is 0 Å². The first-order valence-corrected chi connectivity index (χ1v) is 8.88. The number of ether oxygens (including phenoxy) is 2. The summed E-state index contributed by atoms with van der Waals surface area (Å²) >= 11 is 0. The lowest BCUT2D eigenvalue weighted by atomic mass is 9.81. The molecule has 3 aromatic rings. The molecular weight excluding hydrogens is 310 g/mol. The van der Waals surface area contributed by atoms with Crippen LogP contribution in [0, 0.1) is 0 Å². The topological polar surface area (TPSA) is 34.2 Å². The van der Waals surface area contributed by atoms with Crippen LogP contribution in [0.4, 0.5) is 0 Å². The fourth-order valence-electron chi connectivity index (χ4n) is 4.51. The standard InChI is InChI=1S/C22H21NO2/c1-24-18-12-9-14-8-11-17-21(19(14)22(18)25-2)20-15-6-4-3-5-13(15)7-10-16(20)23-17/h3-6,9,12,23H,7-8,10-11H2,1-2H3. The predicted molar refractivity (Wildman–Crippen MR) is 99.6 cm³/mol. The van der Waals surface area contributed by atoms with Crippen LogP contribution in [0.25, 0.3) is 22.3 Å². The van der Waals surface area contributed by atoms with Gasteiger partial charge in [-0.1, -0.05) is 30.3 Å². The van der Waals surface area contributed by atoms with Crippen molar-refractivity contribution < 1.29 is 9.47 Å². The van der Waals surface area contributed by atoms with Crippen molar-refractivity contribution in [3.8, 4) is 33.8 Å². The van der Waals surface area contributed by atoms with E-state index in [9.17, 15) is 0 Å². The lowest BCUT2D eigenvalue weighted by molar-refractivity contribution is 0.355. The van der Waals surface area contributed by atoms with Crippen molar-refractivity contribution in [2.75, 3.05) is 14.2 Å². The number of aromatic nitrogens is 1. The third kappa shape index (κ3) is 1.98. The molecule has 0 bridgehead atoms. The highest BCUT2D eigenvalue weighted by Crippen LogP contribution is 2.51. The molecule has 3 nitrogen and oxygen atoms in total. The van der Waals surface area contributed by atoms with Crippen molar-refractivity contribution in [3.63, 3.8) is 0 Å². The van der Waals surface area contributed by atoms with Gasteiger partial charge in [0.15, 0.2) is 11.5 Å². The van der Waals surface area contributed by atoms with Crippen molar-refractivity contribution in [1.82, 2.24) is 4.98 Å². The molecule has 0 saturated heterocycles. The zero-order valence-corrected chi connectivity index (χ0v) is 14.6. The Kier molecular flexibility index (Phi) is 3.17. The third-order valence-electron chi connectivity index (χ3n) is 5.61. The zero-order chi connectivity index (χ0) is 17.0. The second-order valence-electron chi connectivity index (χ2n) is 6.82. The van der Waals surface area contributed by atoms with Gasteiger partial charge in [0.05, 0.1) is 14.2 Å². The molecule has 1 aromatic heterocycles. The van der Waals surface area contributed by atoms with E-state index < -0.39 is 0 Å². The minimum absolute atomic E-state index is 0.799. The summed E-state index contributed by atoms with van der Waals surface area (Å²) in [6.45, 7) is 0. The molecule has 0 saturated carbocycles. The largest absolute Gasteiger partial charge is 0.493 e. The highest BCUT2D eigenvalue weighted by molar-refractivity contribution is 5.94. The summed E-state index contributed by atoms with van der Waals surface area (Å²) in [6, 6.07) is 13.0. The molecule has 1 heterocycles. The van der Waals surface area contributed by atoms with E-state index in [1.165, 1.54) is 44.8 Å². The predicted octanol–water partition coefficient (Wildman–Crippen LogP) is 4.56. The van der Waals surface area contributed by atoms with Crippen LogP contribution in [0.2, 0.25) is 0 Å². The van der Waals surface area contributed by atoms with E-state index in [0.29, 0.717) is 0 Å². The van der Waals surface area contributed by atoms with Crippen LogP contribution in [0.5, 0.6) is 11.5 Å². The Labute approximate surface area is 147 Å². The summed E-state index contributed by atoms with van der Waals surface area (Å²) in [6.07, 6.45) is 4.25. The Morgan fingerprint density at radius 2 is 1.48 bits per heavy atom. The summed E-state index contributed by atoms with van der Waals surface area (Å²) in [5.74, 6) is 1.65. The van der Waals surface area contributed by atoms with Crippen LogP contribution < -0.4 is 9.47 Å². The lowest BCUT2D eigenvalue weighted by Crippen LogP contribution is -2.07. The number of aromatic amines is 1. The quantitative estimate of drug-likeness (QED) is 0.747. The number of aryl methyl sites for hydroxylation is 4. The van der Waals surface area contributed by atoms with E-state index in [0.717, 1.165) is 37.2 Å². The first-order valence-electron chi connectivity index (χ1n) is 8.88. The SMILES string of the molecule is COc1ccc2c(c1OC)-c1c([nH]c3c1-c1ccccc1CC3)CC2. The van der Waals surface area contributed by atoms with Crippen molar-refractivity contribution in [1.29, 1.82) is 0 Å². The van der Waals surface area contributed by atoms with Gasteiger partial charge in [-0.05, 0) is 48.4 Å². The summed E-state index contributed by atoms with van der Waals surface area (Å²) in [4.78, 5) is 3.73. The Morgan fingerprint density at radius 3 is 2.28 bits per heavy atom. The second kappa shape index (κ2) is 5.41. The van der Waals surface area contributed by atoms with E-state index in [4.69, 9.17) is 9.47 Å². The molecule has 1 N–H and O–H groups in total. The molecule has 0 amide bonds. The summed E-state index contributed by atoms with van der Waals surface area (Å²) in [7, 11) is 3.44. The first-order chi connectivity index (χ1) is 12.3.